The van der Waals surface area contributed by atoms with Crippen LogP contribution in [0.5, 0.6) is 0 Å². The number of esters is 1. The largest absolute Gasteiger partial charge is 0.460 e. The van der Waals surface area contributed by atoms with Crippen LogP contribution in [0.1, 0.15) is 39.3 Å². The van der Waals surface area contributed by atoms with Crippen molar-refractivity contribution in [3.63, 3.8) is 0 Å². The monoisotopic (exact) mass is 265 g/mol. The highest BCUT2D eigenvalue weighted by atomic mass is 16.6. The number of hydrogen-bond donors (Lipinski definition) is 1. The van der Waals surface area contributed by atoms with E-state index in [0.717, 1.165) is 18.8 Å². The summed E-state index contributed by atoms with van der Waals surface area (Å²) < 4.78 is 7.47. The van der Waals surface area contributed by atoms with Gasteiger partial charge in [0, 0.05) is 37.4 Å². The van der Waals surface area contributed by atoms with Gasteiger partial charge in [0.15, 0.2) is 0 Å². The molecule has 1 aromatic heterocycles. The summed E-state index contributed by atoms with van der Waals surface area (Å²) in [5.41, 5.74) is 0.679. The third kappa shape index (κ3) is 3.15. The fourth-order valence-electron chi connectivity index (χ4n) is 2.54. The van der Waals surface area contributed by atoms with Gasteiger partial charge in [-0.05, 0) is 33.8 Å². The summed E-state index contributed by atoms with van der Waals surface area (Å²) in [6, 6.07) is 2.00. The van der Waals surface area contributed by atoms with Crippen LogP contribution in [-0.2, 0) is 16.1 Å². The first-order chi connectivity index (χ1) is 8.92. The van der Waals surface area contributed by atoms with E-state index in [9.17, 15) is 4.79 Å². The van der Waals surface area contributed by atoms with Crippen molar-refractivity contribution < 1.29 is 9.53 Å². The highest BCUT2D eigenvalue weighted by Crippen LogP contribution is 2.30. The molecule has 0 amide bonds. The Kier molecular flexibility index (Phi) is 3.94. The normalized spacial score (nSPS) is 23.6. The third-order valence-corrected chi connectivity index (χ3v) is 3.35. The molecule has 1 aliphatic heterocycles. The first kappa shape index (κ1) is 14.1. The van der Waals surface area contributed by atoms with E-state index >= 15 is 0 Å². The van der Waals surface area contributed by atoms with Crippen LogP contribution in [0.2, 0.25) is 0 Å². The van der Waals surface area contributed by atoms with Gasteiger partial charge < -0.3 is 10.1 Å². The summed E-state index contributed by atoms with van der Waals surface area (Å²) >= 11 is 0. The van der Waals surface area contributed by atoms with Crippen molar-refractivity contribution in [2.24, 2.45) is 5.92 Å². The first-order valence-electron chi connectivity index (χ1n) is 6.87. The molecule has 0 spiro atoms. The summed E-state index contributed by atoms with van der Waals surface area (Å²) in [6.45, 7) is 10.1. The molecule has 0 aliphatic carbocycles. The van der Waals surface area contributed by atoms with Crippen molar-refractivity contribution in [1.29, 1.82) is 0 Å². The fraction of sp³-hybridized carbons (Fsp3) is 0.714. The molecular weight excluding hydrogens is 242 g/mol. The SMILES string of the molecule is CCn1nccc1C1CNCC1C(=O)OC(C)(C)C. The Labute approximate surface area is 114 Å². The smallest absolute Gasteiger partial charge is 0.311 e. The summed E-state index contributed by atoms with van der Waals surface area (Å²) in [4.78, 5) is 12.3. The van der Waals surface area contributed by atoms with Gasteiger partial charge in [-0.3, -0.25) is 9.48 Å². The zero-order chi connectivity index (χ0) is 14.0. The van der Waals surface area contributed by atoms with Crippen molar-refractivity contribution in [1.82, 2.24) is 15.1 Å². The molecule has 1 fully saturated rings. The van der Waals surface area contributed by atoms with Crippen LogP contribution in [0.3, 0.4) is 0 Å². The minimum atomic E-state index is -0.435. The van der Waals surface area contributed by atoms with Crippen molar-refractivity contribution in [2.45, 2.75) is 45.8 Å². The zero-order valence-corrected chi connectivity index (χ0v) is 12.1. The van der Waals surface area contributed by atoms with Gasteiger partial charge in [-0.25, -0.2) is 0 Å². The maximum atomic E-state index is 12.3. The standard InChI is InChI=1S/C14H23N3O2/c1-5-17-12(6-7-16-17)10-8-15-9-11(10)13(18)19-14(2,3)4/h6-7,10-11,15H,5,8-9H2,1-4H3. The number of carbonyl (C=O) groups is 1. The van der Waals surface area contributed by atoms with Gasteiger partial charge in [-0.15, -0.1) is 0 Å². The summed E-state index contributed by atoms with van der Waals surface area (Å²) in [7, 11) is 0. The lowest BCUT2D eigenvalue weighted by Crippen LogP contribution is -2.32. The summed E-state index contributed by atoms with van der Waals surface area (Å²) in [5.74, 6) is -0.0927. The lowest BCUT2D eigenvalue weighted by atomic mass is 9.92. The van der Waals surface area contributed by atoms with Crippen LogP contribution in [0.4, 0.5) is 0 Å². The molecule has 5 nitrogen and oxygen atoms in total. The molecule has 2 atom stereocenters. The lowest BCUT2D eigenvalue weighted by molar-refractivity contribution is -0.159. The van der Waals surface area contributed by atoms with Crippen molar-refractivity contribution in [3.8, 4) is 0 Å². The molecule has 106 valence electrons. The Morgan fingerprint density at radius 3 is 2.89 bits per heavy atom. The zero-order valence-electron chi connectivity index (χ0n) is 12.1. The molecule has 19 heavy (non-hydrogen) atoms. The van der Waals surface area contributed by atoms with Crippen LogP contribution in [0.25, 0.3) is 0 Å². The highest BCUT2D eigenvalue weighted by Gasteiger charge is 2.38. The molecule has 1 aliphatic rings. The number of nitrogens with one attached hydrogen (secondary N) is 1. The van der Waals surface area contributed by atoms with Crippen LogP contribution in [0, 0.1) is 5.92 Å². The first-order valence-corrected chi connectivity index (χ1v) is 6.87. The topological polar surface area (TPSA) is 56.2 Å². The highest BCUT2D eigenvalue weighted by molar-refractivity contribution is 5.75. The van der Waals surface area contributed by atoms with Crippen LogP contribution in [-0.4, -0.2) is 34.4 Å². The van der Waals surface area contributed by atoms with E-state index in [0.29, 0.717) is 6.54 Å². The van der Waals surface area contributed by atoms with Crippen LogP contribution in [0.15, 0.2) is 12.3 Å². The van der Waals surface area contributed by atoms with Crippen LogP contribution < -0.4 is 5.32 Å². The molecule has 2 rings (SSSR count). The second-order valence-electron chi connectivity index (χ2n) is 5.98. The molecule has 2 heterocycles. The molecule has 0 radical (unpaired) electrons. The molecule has 0 bridgehead atoms. The predicted octanol–water partition coefficient (Wildman–Crippen LogP) is 1.55. The fourth-order valence-corrected chi connectivity index (χ4v) is 2.54. The molecule has 1 aromatic rings. The molecule has 2 unspecified atom stereocenters. The predicted molar refractivity (Wildman–Crippen MR) is 72.8 cm³/mol. The molecule has 5 heteroatoms. The van der Waals surface area contributed by atoms with Gasteiger partial charge in [0.25, 0.3) is 0 Å². The van der Waals surface area contributed by atoms with Gasteiger partial charge in [0.2, 0.25) is 0 Å². The van der Waals surface area contributed by atoms with E-state index in [1.54, 1.807) is 6.20 Å². The number of ether oxygens (including phenoxy) is 1. The number of carbonyl (C=O) groups excluding carboxylic acids is 1. The maximum absolute atomic E-state index is 12.3. The lowest BCUT2D eigenvalue weighted by Gasteiger charge is -2.24. The molecule has 0 aromatic carbocycles. The second-order valence-corrected chi connectivity index (χ2v) is 5.98. The Morgan fingerprint density at radius 1 is 1.53 bits per heavy atom. The molecular formula is C14H23N3O2. The van der Waals surface area contributed by atoms with Gasteiger partial charge in [-0.2, -0.15) is 5.10 Å². The van der Waals surface area contributed by atoms with Crippen molar-refractivity contribution in [3.05, 3.63) is 18.0 Å². The van der Waals surface area contributed by atoms with Crippen molar-refractivity contribution >= 4 is 5.97 Å². The number of rotatable bonds is 3. The second kappa shape index (κ2) is 5.33. The Bertz CT molecular complexity index is 448. The average Bonchev–Trinajstić information content (AvgIpc) is 2.94. The Balaban J connectivity index is 2.15. The Morgan fingerprint density at radius 2 is 2.26 bits per heavy atom. The van der Waals surface area contributed by atoms with E-state index in [-0.39, 0.29) is 17.8 Å². The van der Waals surface area contributed by atoms with E-state index in [2.05, 4.69) is 17.3 Å². The average molecular weight is 265 g/mol. The van der Waals surface area contributed by atoms with E-state index in [4.69, 9.17) is 4.74 Å². The van der Waals surface area contributed by atoms with Gasteiger partial charge >= 0.3 is 5.97 Å². The molecule has 1 saturated heterocycles. The van der Waals surface area contributed by atoms with E-state index in [1.165, 1.54) is 0 Å². The van der Waals surface area contributed by atoms with E-state index < -0.39 is 5.60 Å². The van der Waals surface area contributed by atoms with Crippen molar-refractivity contribution in [2.75, 3.05) is 13.1 Å². The van der Waals surface area contributed by atoms with Gasteiger partial charge in [0.05, 0.1) is 5.92 Å². The minimum Gasteiger partial charge on any atom is -0.460 e. The minimum absolute atomic E-state index is 0.119. The number of aromatic nitrogens is 2. The number of nitrogens with zero attached hydrogens (tertiary/aromatic N) is 2. The summed E-state index contributed by atoms with van der Waals surface area (Å²) in [5, 5.41) is 7.57. The summed E-state index contributed by atoms with van der Waals surface area (Å²) in [6.07, 6.45) is 1.79. The number of aryl methyl sites for hydroxylation is 1. The maximum Gasteiger partial charge on any atom is 0.311 e. The van der Waals surface area contributed by atoms with Crippen LogP contribution >= 0.6 is 0 Å². The number of hydrogen-bond acceptors (Lipinski definition) is 4. The molecule has 0 saturated carbocycles. The Hall–Kier alpha value is -1.36. The quantitative estimate of drug-likeness (QED) is 0.842. The van der Waals surface area contributed by atoms with Gasteiger partial charge in [-0.1, -0.05) is 0 Å². The van der Waals surface area contributed by atoms with Gasteiger partial charge in [0.1, 0.15) is 5.60 Å². The van der Waals surface area contributed by atoms with E-state index in [1.807, 2.05) is 31.5 Å². The molecule has 1 N–H and O–H groups in total. The third-order valence-electron chi connectivity index (χ3n) is 3.35.